The highest BCUT2D eigenvalue weighted by Crippen LogP contribution is 2.45. The molecule has 0 radical (unpaired) electrons. The van der Waals surface area contributed by atoms with Crippen LogP contribution in [0.25, 0.3) is 0 Å². The second kappa shape index (κ2) is 2.71. The molecule has 68 valence electrons. The fourth-order valence-corrected chi connectivity index (χ4v) is 2.57. The molecule has 2 fully saturated rings. The first-order valence-corrected chi connectivity index (χ1v) is 5.53. The van der Waals surface area contributed by atoms with Gasteiger partial charge in [-0.3, -0.25) is 0 Å². The first kappa shape index (κ1) is 7.80. The molecule has 0 amide bonds. The Bertz CT molecular complexity index is 339. The molecule has 1 aliphatic heterocycles. The molecule has 3 rings (SSSR count). The fourth-order valence-electron chi connectivity index (χ4n) is 2.24. The molecule has 0 aromatic carbocycles. The van der Waals surface area contributed by atoms with E-state index in [1.54, 1.807) is 0 Å². The van der Waals surface area contributed by atoms with Crippen LogP contribution in [0.2, 0.25) is 0 Å². The van der Waals surface area contributed by atoms with Crippen LogP contribution >= 0.6 is 15.9 Å². The summed E-state index contributed by atoms with van der Waals surface area (Å²) in [5.41, 5.74) is 0. The van der Waals surface area contributed by atoms with E-state index in [9.17, 15) is 0 Å². The molecule has 0 N–H and O–H groups in total. The second-order valence-corrected chi connectivity index (χ2v) is 4.68. The molecule has 2 heterocycles. The molecule has 13 heavy (non-hydrogen) atoms. The number of piperidine rings is 1. The minimum atomic E-state index is 0.807. The third-order valence-electron chi connectivity index (χ3n) is 3.02. The molecule has 0 bridgehead atoms. The molecule has 2 nitrogen and oxygen atoms in total. The van der Waals surface area contributed by atoms with E-state index in [4.69, 9.17) is 0 Å². The summed E-state index contributed by atoms with van der Waals surface area (Å²) in [5.74, 6) is 2.11. The van der Waals surface area contributed by atoms with Crippen LogP contribution in [0.1, 0.15) is 12.8 Å². The Morgan fingerprint density at radius 1 is 1.46 bits per heavy atom. The van der Waals surface area contributed by atoms with Gasteiger partial charge < -0.3 is 4.90 Å². The van der Waals surface area contributed by atoms with Crippen molar-refractivity contribution in [2.75, 3.05) is 11.4 Å². The molecule has 0 spiro atoms. The van der Waals surface area contributed by atoms with Crippen molar-refractivity contribution in [2.45, 2.75) is 18.9 Å². The number of nitrogens with zero attached hydrogens (tertiary/aromatic N) is 2. The first-order valence-electron chi connectivity index (χ1n) is 4.74. The van der Waals surface area contributed by atoms with Gasteiger partial charge in [-0.05, 0) is 46.8 Å². The molecule has 1 saturated heterocycles. The van der Waals surface area contributed by atoms with Crippen molar-refractivity contribution in [3.05, 3.63) is 22.8 Å². The Hall–Kier alpha value is -0.570. The minimum absolute atomic E-state index is 0.807. The topological polar surface area (TPSA) is 16.1 Å². The predicted octanol–water partition coefficient (Wildman–Crippen LogP) is 2.44. The summed E-state index contributed by atoms with van der Waals surface area (Å²) in [7, 11) is 0. The smallest absolute Gasteiger partial charge is 0.130 e. The highest BCUT2D eigenvalue weighted by molar-refractivity contribution is 9.10. The van der Waals surface area contributed by atoms with Crippen LogP contribution in [0.4, 0.5) is 5.82 Å². The lowest BCUT2D eigenvalue weighted by molar-refractivity contribution is 0.792. The van der Waals surface area contributed by atoms with Crippen LogP contribution in [-0.2, 0) is 0 Å². The molecule has 1 aliphatic carbocycles. The maximum atomic E-state index is 4.47. The molecule has 1 aromatic heterocycles. The summed E-state index contributed by atoms with van der Waals surface area (Å²) in [6, 6.07) is 6.94. The molecule has 2 atom stereocenters. The molecule has 0 unspecified atom stereocenters. The summed E-state index contributed by atoms with van der Waals surface area (Å²) in [4.78, 5) is 6.91. The van der Waals surface area contributed by atoms with Gasteiger partial charge in [0.1, 0.15) is 10.4 Å². The van der Waals surface area contributed by atoms with Crippen molar-refractivity contribution in [3.63, 3.8) is 0 Å². The van der Waals surface area contributed by atoms with Gasteiger partial charge in [0.2, 0.25) is 0 Å². The van der Waals surface area contributed by atoms with Gasteiger partial charge in [-0.1, -0.05) is 6.07 Å². The summed E-state index contributed by atoms with van der Waals surface area (Å²) >= 11 is 3.40. The largest absolute Gasteiger partial charge is 0.353 e. The molecule has 2 aliphatic rings. The third kappa shape index (κ3) is 1.26. The summed E-state index contributed by atoms with van der Waals surface area (Å²) < 4.78 is 0.939. The van der Waals surface area contributed by atoms with Crippen molar-refractivity contribution < 1.29 is 0 Å². The lowest BCUT2D eigenvalue weighted by atomic mass is 10.3. The number of rotatable bonds is 1. The highest BCUT2D eigenvalue weighted by atomic mass is 79.9. The molecular formula is C10H11BrN2. The first-order chi connectivity index (χ1) is 6.34. The number of anilines is 1. The van der Waals surface area contributed by atoms with E-state index in [1.807, 2.05) is 6.07 Å². The average Bonchev–Trinajstić information content (AvgIpc) is 2.78. The van der Waals surface area contributed by atoms with Crippen LogP contribution in [-0.4, -0.2) is 17.6 Å². The summed E-state index contributed by atoms with van der Waals surface area (Å²) in [6.45, 7) is 1.19. The maximum Gasteiger partial charge on any atom is 0.130 e. The Balaban J connectivity index is 1.91. The van der Waals surface area contributed by atoms with Crippen molar-refractivity contribution in [2.24, 2.45) is 5.92 Å². The highest BCUT2D eigenvalue weighted by Gasteiger charge is 2.47. The zero-order valence-corrected chi connectivity index (χ0v) is 8.87. The summed E-state index contributed by atoms with van der Waals surface area (Å²) in [5, 5.41) is 0. The number of hydrogen-bond donors (Lipinski definition) is 0. The van der Waals surface area contributed by atoms with Gasteiger partial charge in [-0.2, -0.15) is 0 Å². The van der Waals surface area contributed by atoms with Gasteiger partial charge in [0, 0.05) is 12.6 Å². The van der Waals surface area contributed by atoms with Crippen molar-refractivity contribution in [1.82, 2.24) is 4.98 Å². The van der Waals surface area contributed by atoms with Gasteiger partial charge in [0.05, 0.1) is 0 Å². The SMILES string of the molecule is Brc1cccc(N2CC[C@@H]3C[C@@H]32)n1. The van der Waals surface area contributed by atoms with Crippen LogP contribution < -0.4 is 4.90 Å². The second-order valence-electron chi connectivity index (χ2n) is 3.86. The maximum absolute atomic E-state index is 4.47. The quantitative estimate of drug-likeness (QED) is 0.700. The van der Waals surface area contributed by atoms with Gasteiger partial charge in [0.25, 0.3) is 0 Å². The molecule has 1 aromatic rings. The van der Waals surface area contributed by atoms with Crippen LogP contribution in [0.15, 0.2) is 22.8 Å². The van der Waals surface area contributed by atoms with Crippen LogP contribution in [0.5, 0.6) is 0 Å². The Morgan fingerprint density at radius 2 is 2.38 bits per heavy atom. The minimum Gasteiger partial charge on any atom is -0.353 e. The fraction of sp³-hybridized carbons (Fsp3) is 0.500. The summed E-state index contributed by atoms with van der Waals surface area (Å²) in [6.07, 6.45) is 2.74. The zero-order valence-electron chi connectivity index (χ0n) is 7.28. The number of hydrogen-bond acceptors (Lipinski definition) is 2. The number of fused-ring (bicyclic) bond motifs is 1. The van der Waals surface area contributed by atoms with Crippen LogP contribution in [0.3, 0.4) is 0 Å². The molecule has 1 saturated carbocycles. The van der Waals surface area contributed by atoms with Crippen molar-refractivity contribution in [1.29, 1.82) is 0 Å². The van der Waals surface area contributed by atoms with Gasteiger partial charge in [-0.15, -0.1) is 0 Å². The van der Waals surface area contributed by atoms with E-state index >= 15 is 0 Å². The zero-order chi connectivity index (χ0) is 8.84. The molecule has 3 heteroatoms. The van der Waals surface area contributed by atoms with E-state index in [-0.39, 0.29) is 0 Å². The number of halogens is 1. The lowest BCUT2D eigenvalue weighted by Crippen LogP contribution is -2.23. The van der Waals surface area contributed by atoms with Gasteiger partial charge >= 0.3 is 0 Å². The van der Waals surface area contributed by atoms with Gasteiger partial charge in [-0.25, -0.2) is 4.98 Å². The van der Waals surface area contributed by atoms with E-state index < -0.39 is 0 Å². The van der Waals surface area contributed by atoms with E-state index in [0.29, 0.717) is 0 Å². The van der Waals surface area contributed by atoms with Crippen LogP contribution in [0, 0.1) is 5.92 Å². The van der Waals surface area contributed by atoms with Gasteiger partial charge in [0.15, 0.2) is 0 Å². The van der Waals surface area contributed by atoms with E-state index in [1.165, 1.54) is 19.4 Å². The van der Waals surface area contributed by atoms with E-state index in [2.05, 4.69) is 37.9 Å². The Morgan fingerprint density at radius 3 is 3.00 bits per heavy atom. The normalized spacial score (nSPS) is 30.4. The van der Waals surface area contributed by atoms with Crippen molar-refractivity contribution in [3.8, 4) is 0 Å². The van der Waals surface area contributed by atoms with Crippen molar-refractivity contribution >= 4 is 21.7 Å². The van der Waals surface area contributed by atoms with E-state index in [0.717, 1.165) is 22.4 Å². The molecular weight excluding hydrogens is 228 g/mol. The lowest BCUT2D eigenvalue weighted by Gasteiger charge is -2.18. The number of pyridine rings is 1. The monoisotopic (exact) mass is 238 g/mol. The average molecular weight is 239 g/mol. The predicted molar refractivity (Wildman–Crippen MR) is 55.8 cm³/mol. The Kier molecular flexibility index (Phi) is 1.62. The third-order valence-corrected chi connectivity index (χ3v) is 3.46. The Labute approximate surface area is 86.1 Å². The standard InChI is InChI=1S/C10H11BrN2/c11-9-2-1-3-10(12-9)13-5-4-7-6-8(7)13/h1-3,7-8H,4-6H2/t7-,8+/m1/s1. The number of aromatic nitrogens is 1.